The smallest absolute Gasteiger partial charge is 0.237 e. The largest absolute Gasteiger partial charge is 0.438 e. The van der Waals surface area contributed by atoms with Crippen LogP contribution >= 0.6 is 0 Å². The lowest BCUT2D eigenvalue weighted by molar-refractivity contribution is 0.0608. The maximum atomic E-state index is 9.44. The molecule has 1 aromatic carbocycles. The molecule has 0 saturated carbocycles. The van der Waals surface area contributed by atoms with Crippen LogP contribution in [-0.2, 0) is 6.54 Å². The Morgan fingerprint density at radius 1 is 1.12 bits per heavy atom. The quantitative estimate of drug-likeness (QED) is 0.832. The van der Waals surface area contributed by atoms with Crippen LogP contribution < -0.4 is 4.74 Å². The van der Waals surface area contributed by atoms with Crippen LogP contribution in [0.2, 0.25) is 0 Å². The zero-order valence-electron chi connectivity index (χ0n) is 14.7. The molecule has 2 aromatic rings. The standard InChI is InChI=1S/C19H26N4O2/c1-2-17(15-24)23-11-9-22(10-12-23)14-16-3-5-18(6-4-16)25-19-13-20-7-8-21-19/h3-8,13,17,24H,2,9-12,14-15H2,1H3. The van der Waals surface area contributed by atoms with Crippen molar-refractivity contribution in [3.63, 3.8) is 0 Å². The van der Waals surface area contributed by atoms with Crippen molar-refractivity contribution >= 4 is 0 Å². The van der Waals surface area contributed by atoms with E-state index in [9.17, 15) is 5.11 Å². The number of hydrogen-bond donors (Lipinski definition) is 1. The van der Waals surface area contributed by atoms with Gasteiger partial charge in [-0.2, -0.15) is 0 Å². The lowest BCUT2D eigenvalue weighted by Crippen LogP contribution is -2.50. The van der Waals surface area contributed by atoms with E-state index in [4.69, 9.17) is 4.74 Å². The molecule has 1 aliphatic rings. The third kappa shape index (κ3) is 4.98. The van der Waals surface area contributed by atoms with Gasteiger partial charge in [-0.15, -0.1) is 0 Å². The fourth-order valence-electron chi connectivity index (χ4n) is 3.17. The molecule has 1 aromatic heterocycles. The second-order valence-electron chi connectivity index (χ2n) is 6.35. The summed E-state index contributed by atoms with van der Waals surface area (Å²) >= 11 is 0. The SMILES string of the molecule is CCC(CO)N1CCN(Cc2ccc(Oc3cnccn3)cc2)CC1. The average Bonchev–Trinajstić information content (AvgIpc) is 2.66. The summed E-state index contributed by atoms with van der Waals surface area (Å²) in [6.07, 6.45) is 5.84. The van der Waals surface area contributed by atoms with E-state index in [-0.39, 0.29) is 6.61 Å². The summed E-state index contributed by atoms with van der Waals surface area (Å²) < 4.78 is 5.67. The molecule has 0 spiro atoms. The van der Waals surface area contributed by atoms with Crippen molar-refractivity contribution in [2.45, 2.75) is 25.9 Å². The molecule has 1 saturated heterocycles. The summed E-state index contributed by atoms with van der Waals surface area (Å²) in [6, 6.07) is 8.44. The first-order valence-corrected chi connectivity index (χ1v) is 8.88. The number of aliphatic hydroxyl groups excluding tert-OH is 1. The first kappa shape index (κ1) is 17.8. The van der Waals surface area contributed by atoms with Gasteiger partial charge in [0.05, 0.1) is 12.8 Å². The van der Waals surface area contributed by atoms with E-state index < -0.39 is 0 Å². The van der Waals surface area contributed by atoms with E-state index in [0.29, 0.717) is 11.9 Å². The van der Waals surface area contributed by atoms with Crippen molar-refractivity contribution in [2.24, 2.45) is 0 Å². The minimum atomic E-state index is 0.254. The lowest BCUT2D eigenvalue weighted by atomic mass is 10.1. The van der Waals surface area contributed by atoms with Crippen LogP contribution in [0.15, 0.2) is 42.9 Å². The molecular formula is C19H26N4O2. The molecule has 1 aliphatic heterocycles. The number of rotatable bonds is 7. The minimum Gasteiger partial charge on any atom is -0.438 e. The second kappa shape index (κ2) is 8.89. The Labute approximate surface area is 149 Å². The van der Waals surface area contributed by atoms with E-state index in [2.05, 4.69) is 38.8 Å². The van der Waals surface area contributed by atoms with Crippen molar-refractivity contribution < 1.29 is 9.84 Å². The molecule has 1 unspecified atom stereocenters. The Bertz CT molecular complexity index is 624. The van der Waals surface area contributed by atoms with Gasteiger partial charge in [0, 0.05) is 51.2 Å². The van der Waals surface area contributed by atoms with E-state index in [0.717, 1.165) is 44.9 Å². The van der Waals surface area contributed by atoms with Gasteiger partial charge in [0.2, 0.25) is 5.88 Å². The highest BCUT2D eigenvalue weighted by Crippen LogP contribution is 2.20. The first-order chi connectivity index (χ1) is 12.3. The van der Waals surface area contributed by atoms with Crippen molar-refractivity contribution in [3.8, 4) is 11.6 Å². The van der Waals surface area contributed by atoms with Gasteiger partial charge < -0.3 is 9.84 Å². The van der Waals surface area contributed by atoms with Crippen LogP contribution in [0.3, 0.4) is 0 Å². The van der Waals surface area contributed by atoms with Gasteiger partial charge >= 0.3 is 0 Å². The number of piperazine rings is 1. The summed E-state index contributed by atoms with van der Waals surface area (Å²) in [6.45, 7) is 7.44. The zero-order chi connectivity index (χ0) is 17.5. The number of hydrogen-bond acceptors (Lipinski definition) is 6. The fourth-order valence-corrected chi connectivity index (χ4v) is 3.17. The van der Waals surface area contributed by atoms with Gasteiger partial charge in [0.15, 0.2) is 0 Å². The van der Waals surface area contributed by atoms with Crippen LogP contribution in [0.4, 0.5) is 0 Å². The van der Waals surface area contributed by atoms with Gasteiger partial charge in [-0.05, 0) is 24.1 Å². The summed E-state index contributed by atoms with van der Waals surface area (Å²) in [5.74, 6) is 1.27. The maximum Gasteiger partial charge on any atom is 0.237 e. The number of nitrogens with zero attached hydrogens (tertiary/aromatic N) is 4. The molecule has 134 valence electrons. The number of ether oxygens (including phenoxy) is 1. The van der Waals surface area contributed by atoms with Crippen molar-refractivity contribution in [1.82, 2.24) is 19.8 Å². The molecule has 0 radical (unpaired) electrons. The van der Waals surface area contributed by atoms with E-state index in [1.54, 1.807) is 18.6 Å². The van der Waals surface area contributed by atoms with Crippen LogP contribution in [0.25, 0.3) is 0 Å². The van der Waals surface area contributed by atoms with Gasteiger partial charge in [0.1, 0.15) is 5.75 Å². The second-order valence-corrected chi connectivity index (χ2v) is 6.35. The molecular weight excluding hydrogens is 316 g/mol. The minimum absolute atomic E-state index is 0.254. The van der Waals surface area contributed by atoms with Crippen molar-refractivity contribution in [2.75, 3.05) is 32.8 Å². The van der Waals surface area contributed by atoms with E-state index in [1.807, 2.05) is 12.1 Å². The Kier molecular flexibility index (Phi) is 6.33. The monoisotopic (exact) mass is 342 g/mol. The maximum absolute atomic E-state index is 9.44. The molecule has 1 N–H and O–H groups in total. The third-order valence-electron chi connectivity index (χ3n) is 4.70. The third-order valence-corrected chi connectivity index (χ3v) is 4.70. The summed E-state index contributed by atoms with van der Waals surface area (Å²) in [4.78, 5) is 13.0. The van der Waals surface area contributed by atoms with Crippen LogP contribution in [0, 0.1) is 0 Å². The summed E-state index contributed by atoms with van der Waals surface area (Å²) in [5.41, 5.74) is 1.27. The number of aromatic nitrogens is 2. The van der Waals surface area contributed by atoms with Crippen LogP contribution in [0.1, 0.15) is 18.9 Å². The van der Waals surface area contributed by atoms with Gasteiger partial charge in [0.25, 0.3) is 0 Å². The molecule has 0 bridgehead atoms. The molecule has 1 atom stereocenters. The lowest BCUT2D eigenvalue weighted by Gasteiger charge is -2.38. The van der Waals surface area contributed by atoms with E-state index >= 15 is 0 Å². The highest BCUT2D eigenvalue weighted by molar-refractivity contribution is 5.29. The van der Waals surface area contributed by atoms with Gasteiger partial charge in [-0.25, -0.2) is 4.98 Å². The molecule has 3 rings (SSSR count). The Balaban J connectivity index is 1.49. The zero-order valence-corrected chi connectivity index (χ0v) is 14.7. The average molecular weight is 342 g/mol. The number of aliphatic hydroxyl groups is 1. The van der Waals surface area contributed by atoms with Crippen LogP contribution in [0.5, 0.6) is 11.6 Å². The molecule has 2 heterocycles. The Morgan fingerprint density at radius 2 is 1.88 bits per heavy atom. The molecule has 6 nitrogen and oxygen atoms in total. The molecule has 0 amide bonds. The molecule has 0 aliphatic carbocycles. The summed E-state index contributed by atoms with van der Waals surface area (Å²) in [7, 11) is 0. The Hall–Kier alpha value is -2.02. The first-order valence-electron chi connectivity index (χ1n) is 8.88. The van der Waals surface area contributed by atoms with Crippen molar-refractivity contribution in [1.29, 1.82) is 0 Å². The van der Waals surface area contributed by atoms with Gasteiger partial charge in [-0.3, -0.25) is 14.8 Å². The van der Waals surface area contributed by atoms with Crippen LogP contribution in [-0.4, -0.2) is 63.7 Å². The predicted molar refractivity (Wildman–Crippen MR) is 96.6 cm³/mol. The Morgan fingerprint density at radius 3 is 2.48 bits per heavy atom. The fraction of sp³-hybridized carbons (Fsp3) is 0.474. The predicted octanol–water partition coefficient (Wildman–Crippen LogP) is 2.16. The topological polar surface area (TPSA) is 61.7 Å². The number of benzene rings is 1. The molecule has 25 heavy (non-hydrogen) atoms. The summed E-state index contributed by atoms with van der Waals surface area (Å²) in [5, 5.41) is 9.44. The highest BCUT2D eigenvalue weighted by Gasteiger charge is 2.22. The van der Waals surface area contributed by atoms with Gasteiger partial charge in [-0.1, -0.05) is 19.1 Å². The van der Waals surface area contributed by atoms with Crippen molar-refractivity contribution in [3.05, 3.63) is 48.4 Å². The molecule has 1 fully saturated rings. The highest BCUT2D eigenvalue weighted by atomic mass is 16.5. The molecule has 6 heteroatoms. The normalized spacial score (nSPS) is 17.4. The van der Waals surface area contributed by atoms with E-state index in [1.165, 1.54) is 5.56 Å².